The van der Waals surface area contributed by atoms with Crippen molar-refractivity contribution >= 4 is 17.6 Å². The van der Waals surface area contributed by atoms with Gasteiger partial charge in [-0.25, -0.2) is 4.79 Å². The van der Waals surface area contributed by atoms with E-state index in [9.17, 15) is 9.59 Å². The molecule has 1 aromatic rings. The summed E-state index contributed by atoms with van der Waals surface area (Å²) in [5.74, 6) is -0.730. The van der Waals surface area contributed by atoms with E-state index in [-0.39, 0.29) is 5.91 Å². The first kappa shape index (κ1) is 10.2. The number of hydrogen-bond donors (Lipinski definition) is 1. The van der Waals surface area contributed by atoms with E-state index < -0.39 is 5.97 Å². The zero-order valence-corrected chi connectivity index (χ0v) is 7.96. The van der Waals surface area contributed by atoms with Crippen LogP contribution in [0, 0.1) is 6.07 Å². The summed E-state index contributed by atoms with van der Waals surface area (Å²) in [6.07, 6.45) is 0. The number of benzene rings is 1. The van der Waals surface area contributed by atoms with Crippen LogP contribution in [0.5, 0.6) is 0 Å². The Morgan fingerprint density at radius 3 is 2.79 bits per heavy atom. The van der Waals surface area contributed by atoms with Gasteiger partial charge in [0.15, 0.2) is 0 Å². The van der Waals surface area contributed by atoms with E-state index in [1.54, 1.807) is 12.1 Å². The number of esters is 1. The molecule has 0 bridgehead atoms. The van der Waals surface area contributed by atoms with E-state index in [2.05, 4.69) is 16.1 Å². The topological polar surface area (TPSA) is 55.4 Å². The van der Waals surface area contributed by atoms with E-state index in [1.807, 2.05) is 0 Å². The number of ether oxygens (including phenoxy) is 1. The van der Waals surface area contributed by atoms with E-state index in [1.165, 1.54) is 20.1 Å². The second-order valence-electron chi connectivity index (χ2n) is 2.64. The van der Waals surface area contributed by atoms with Crippen molar-refractivity contribution in [1.29, 1.82) is 0 Å². The van der Waals surface area contributed by atoms with Gasteiger partial charge in [-0.05, 0) is 18.2 Å². The van der Waals surface area contributed by atoms with Crippen LogP contribution in [0.2, 0.25) is 0 Å². The zero-order valence-electron chi connectivity index (χ0n) is 7.96. The number of rotatable bonds is 2. The summed E-state index contributed by atoms with van der Waals surface area (Å²) in [5, 5.41) is 2.53. The average molecular weight is 192 g/mol. The number of nitrogens with one attached hydrogen (secondary N) is 1. The highest BCUT2D eigenvalue weighted by Gasteiger charge is 2.11. The van der Waals surface area contributed by atoms with E-state index in [0.29, 0.717) is 11.3 Å². The van der Waals surface area contributed by atoms with Crippen molar-refractivity contribution in [2.24, 2.45) is 0 Å². The molecule has 4 nitrogen and oxygen atoms in total. The fourth-order valence-electron chi connectivity index (χ4n) is 1.01. The number of carbonyl (C=O) groups excluding carboxylic acids is 2. The van der Waals surface area contributed by atoms with Gasteiger partial charge in [0, 0.05) is 6.92 Å². The van der Waals surface area contributed by atoms with Crippen LogP contribution < -0.4 is 5.32 Å². The summed E-state index contributed by atoms with van der Waals surface area (Å²) in [4.78, 5) is 22.0. The van der Waals surface area contributed by atoms with E-state index in [0.717, 1.165) is 0 Å². The first-order valence-corrected chi connectivity index (χ1v) is 4.01. The third kappa shape index (κ3) is 2.32. The minimum absolute atomic E-state index is 0.235. The maximum Gasteiger partial charge on any atom is 0.339 e. The number of amides is 1. The van der Waals surface area contributed by atoms with Crippen molar-refractivity contribution in [3.05, 3.63) is 29.8 Å². The second kappa shape index (κ2) is 4.41. The van der Waals surface area contributed by atoms with Crippen LogP contribution in [0.25, 0.3) is 0 Å². The number of carbonyl (C=O) groups is 2. The van der Waals surface area contributed by atoms with Gasteiger partial charge in [-0.15, -0.1) is 0 Å². The Hall–Kier alpha value is -1.84. The fourth-order valence-corrected chi connectivity index (χ4v) is 1.01. The maximum absolute atomic E-state index is 11.2. The predicted octanol–water partition coefficient (Wildman–Crippen LogP) is 1.23. The molecule has 4 heteroatoms. The summed E-state index contributed by atoms with van der Waals surface area (Å²) in [6, 6.07) is 7.41. The van der Waals surface area contributed by atoms with Crippen LogP contribution in [-0.2, 0) is 9.53 Å². The molecule has 1 amide bonds. The Kier molecular flexibility index (Phi) is 3.23. The van der Waals surface area contributed by atoms with E-state index in [4.69, 9.17) is 0 Å². The number of anilines is 1. The molecule has 1 aromatic carbocycles. The second-order valence-corrected chi connectivity index (χ2v) is 2.64. The molecule has 0 aromatic heterocycles. The average Bonchev–Trinajstić information content (AvgIpc) is 2.16. The minimum atomic E-state index is -0.495. The Bertz CT molecular complexity index is 360. The summed E-state index contributed by atoms with van der Waals surface area (Å²) >= 11 is 0. The Balaban J connectivity index is 3.02. The highest BCUT2D eigenvalue weighted by Crippen LogP contribution is 2.15. The molecule has 0 aliphatic carbocycles. The zero-order chi connectivity index (χ0) is 10.6. The molecule has 0 spiro atoms. The van der Waals surface area contributed by atoms with Gasteiger partial charge < -0.3 is 10.1 Å². The van der Waals surface area contributed by atoms with Gasteiger partial charge in [0.1, 0.15) is 0 Å². The molecule has 0 heterocycles. The molecule has 0 atom stereocenters. The highest BCUT2D eigenvalue weighted by molar-refractivity contribution is 6.00. The molecule has 0 aliphatic rings. The molecular weight excluding hydrogens is 182 g/mol. The molecule has 1 radical (unpaired) electrons. The lowest BCUT2D eigenvalue weighted by molar-refractivity contribution is -0.114. The van der Waals surface area contributed by atoms with Gasteiger partial charge in [-0.2, -0.15) is 0 Å². The summed E-state index contributed by atoms with van der Waals surface area (Å²) < 4.78 is 4.55. The third-order valence-corrected chi connectivity index (χ3v) is 1.58. The molecule has 0 saturated carbocycles. The van der Waals surface area contributed by atoms with Crippen molar-refractivity contribution in [3.8, 4) is 0 Å². The Labute approximate surface area is 81.9 Å². The molecule has 0 unspecified atom stereocenters. The van der Waals surface area contributed by atoms with Gasteiger partial charge >= 0.3 is 5.97 Å². The Morgan fingerprint density at radius 1 is 1.50 bits per heavy atom. The number of hydrogen-bond acceptors (Lipinski definition) is 3. The highest BCUT2D eigenvalue weighted by atomic mass is 16.5. The predicted molar refractivity (Wildman–Crippen MR) is 50.9 cm³/mol. The van der Waals surface area contributed by atoms with Crippen LogP contribution >= 0.6 is 0 Å². The Morgan fingerprint density at radius 2 is 2.21 bits per heavy atom. The summed E-state index contributed by atoms with van der Waals surface area (Å²) in [5.41, 5.74) is 0.730. The molecule has 1 rings (SSSR count). The first-order valence-electron chi connectivity index (χ1n) is 4.01. The quantitative estimate of drug-likeness (QED) is 0.717. The van der Waals surface area contributed by atoms with Crippen LogP contribution in [-0.4, -0.2) is 19.0 Å². The van der Waals surface area contributed by atoms with Crippen molar-refractivity contribution < 1.29 is 14.3 Å². The third-order valence-electron chi connectivity index (χ3n) is 1.58. The smallest absolute Gasteiger partial charge is 0.339 e. The van der Waals surface area contributed by atoms with Crippen molar-refractivity contribution in [2.75, 3.05) is 12.4 Å². The SMILES string of the molecule is COC(=O)c1c[c]ccc1NC(C)=O. The monoisotopic (exact) mass is 192 g/mol. The van der Waals surface area contributed by atoms with Crippen molar-refractivity contribution in [1.82, 2.24) is 0 Å². The largest absolute Gasteiger partial charge is 0.465 e. The van der Waals surface area contributed by atoms with Crippen molar-refractivity contribution in [3.63, 3.8) is 0 Å². The van der Waals surface area contributed by atoms with Crippen LogP contribution in [0.3, 0.4) is 0 Å². The summed E-state index contributed by atoms with van der Waals surface area (Å²) in [7, 11) is 1.28. The minimum Gasteiger partial charge on any atom is -0.465 e. The molecule has 14 heavy (non-hydrogen) atoms. The van der Waals surface area contributed by atoms with Crippen LogP contribution in [0.4, 0.5) is 5.69 Å². The molecule has 1 N–H and O–H groups in total. The van der Waals surface area contributed by atoms with Gasteiger partial charge in [0.2, 0.25) is 5.91 Å². The lowest BCUT2D eigenvalue weighted by Crippen LogP contribution is -2.11. The van der Waals surface area contributed by atoms with E-state index >= 15 is 0 Å². The lowest BCUT2D eigenvalue weighted by atomic mass is 10.2. The molecule has 0 aliphatic heterocycles. The molecule has 0 fully saturated rings. The summed E-state index contributed by atoms with van der Waals surface area (Å²) in [6.45, 7) is 1.37. The van der Waals surface area contributed by atoms with Gasteiger partial charge in [-0.1, -0.05) is 6.07 Å². The lowest BCUT2D eigenvalue weighted by Gasteiger charge is -2.06. The van der Waals surface area contributed by atoms with Crippen LogP contribution in [0.1, 0.15) is 17.3 Å². The normalized spacial score (nSPS) is 9.29. The standard InChI is InChI=1S/C10H10NO3/c1-7(12)11-9-6-4-3-5-8(9)10(13)14-2/h4-6H,1-2H3,(H,11,12). The molecule has 0 saturated heterocycles. The fraction of sp³-hybridized carbons (Fsp3) is 0.200. The van der Waals surface area contributed by atoms with Gasteiger partial charge in [-0.3, -0.25) is 4.79 Å². The molecule has 73 valence electrons. The van der Waals surface area contributed by atoms with Gasteiger partial charge in [0.25, 0.3) is 0 Å². The number of methoxy groups -OCH3 is 1. The maximum atomic E-state index is 11.2. The van der Waals surface area contributed by atoms with Gasteiger partial charge in [0.05, 0.1) is 18.4 Å². The van der Waals surface area contributed by atoms with Crippen LogP contribution in [0.15, 0.2) is 18.2 Å². The van der Waals surface area contributed by atoms with Crippen molar-refractivity contribution in [2.45, 2.75) is 6.92 Å². The molecular formula is C10H10NO3. The first-order chi connectivity index (χ1) is 6.65.